The zero-order valence-corrected chi connectivity index (χ0v) is 19.6. The third kappa shape index (κ3) is 5.45. The second-order valence-corrected chi connectivity index (χ2v) is 9.58. The van der Waals surface area contributed by atoms with Gasteiger partial charge in [0.25, 0.3) is 10.0 Å². The van der Waals surface area contributed by atoms with Crippen LogP contribution in [0.3, 0.4) is 0 Å². The first kappa shape index (κ1) is 23.3. The molecule has 1 amide bonds. The van der Waals surface area contributed by atoms with Gasteiger partial charge in [-0.3, -0.25) is 9.52 Å². The summed E-state index contributed by atoms with van der Waals surface area (Å²) in [6, 6.07) is 12.5. The highest BCUT2D eigenvalue weighted by Crippen LogP contribution is 2.25. The van der Waals surface area contributed by atoms with Crippen LogP contribution >= 0.6 is 0 Å². The number of sulfonamides is 1. The minimum Gasteiger partial charge on any atom is -0.354 e. The van der Waals surface area contributed by atoms with Crippen molar-refractivity contribution in [3.8, 4) is 0 Å². The molecule has 0 aliphatic rings. The van der Waals surface area contributed by atoms with Crippen LogP contribution in [0.4, 0.5) is 11.4 Å². The molecular formula is C24H27N3O4S. The topological polar surface area (TPSA) is 101 Å². The van der Waals surface area contributed by atoms with Crippen LogP contribution in [-0.2, 0) is 14.8 Å². The first-order valence-corrected chi connectivity index (χ1v) is 11.7. The maximum Gasteiger partial charge on any atom is 0.262 e. The number of hydrogen-bond acceptors (Lipinski definition) is 5. The van der Waals surface area contributed by atoms with Gasteiger partial charge in [0.1, 0.15) is 11.4 Å². The summed E-state index contributed by atoms with van der Waals surface area (Å²) in [4.78, 5) is 11.6. The molecule has 168 valence electrons. The van der Waals surface area contributed by atoms with Crippen LogP contribution in [0.25, 0.3) is 12.2 Å². The predicted octanol–water partition coefficient (Wildman–Crippen LogP) is 5.34. The largest absolute Gasteiger partial charge is 0.354 e. The predicted molar refractivity (Wildman–Crippen MR) is 127 cm³/mol. The molecule has 0 spiro atoms. The smallest absolute Gasteiger partial charge is 0.262 e. The van der Waals surface area contributed by atoms with E-state index in [9.17, 15) is 13.2 Å². The van der Waals surface area contributed by atoms with E-state index < -0.39 is 10.0 Å². The normalized spacial score (nSPS) is 11.8. The average molecular weight is 454 g/mol. The van der Waals surface area contributed by atoms with E-state index >= 15 is 0 Å². The summed E-state index contributed by atoms with van der Waals surface area (Å²) < 4.78 is 34.0. The van der Waals surface area contributed by atoms with Gasteiger partial charge in [-0.15, -0.1) is 0 Å². The molecule has 0 unspecified atom stereocenters. The Morgan fingerprint density at radius 3 is 2.38 bits per heavy atom. The SMILES string of the molecule is CC(=O)Nc1c(C)noc1/C=C\c1ccc(C)c(S(=O)(=O)Nc2ccc(C(C)C)cc2)c1. The molecule has 3 rings (SSSR count). The monoisotopic (exact) mass is 453 g/mol. The van der Waals surface area contributed by atoms with E-state index in [4.69, 9.17) is 4.52 Å². The molecule has 0 saturated heterocycles. The van der Waals surface area contributed by atoms with E-state index in [2.05, 4.69) is 29.0 Å². The highest BCUT2D eigenvalue weighted by atomic mass is 32.2. The maximum atomic E-state index is 13.0. The van der Waals surface area contributed by atoms with Crippen LogP contribution in [0, 0.1) is 13.8 Å². The molecule has 1 heterocycles. The molecule has 7 nitrogen and oxygen atoms in total. The van der Waals surface area contributed by atoms with Gasteiger partial charge in [0.2, 0.25) is 5.91 Å². The fraction of sp³-hybridized carbons (Fsp3) is 0.250. The fourth-order valence-corrected chi connectivity index (χ4v) is 4.50. The number of rotatable bonds is 7. The van der Waals surface area contributed by atoms with Crippen LogP contribution < -0.4 is 10.0 Å². The number of nitrogens with zero attached hydrogens (tertiary/aromatic N) is 1. The Balaban J connectivity index is 1.87. The Bertz CT molecular complexity index is 1260. The summed E-state index contributed by atoms with van der Waals surface area (Å²) in [5.41, 5.74) is 3.97. The van der Waals surface area contributed by atoms with Crippen molar-refractivity contribution >= 4 is 39.5 Å². The molecule has 0 radical (unpaired) electrons. The maximum absolute atomic E-state index is 13.0. The number of hydrogen-bond donors (Lipinski definition) is 2. The van der Waals surface area contributed by atoms with Gasteiger partial charge in [-0.05, 0) is 60.7 Å². The molecule has 0 bridgehead atoms. The molecule has 0 saturated carbocycles. The van der Waals surface area contributed by atoms with Crippen LogP contribution in [0.15, 0.2) is 51.9 Å². The number of benzene rings is 2. The standard InChI is InChI=1S/C24H27N3O4S/c1-15(2)20-9-11-21(12-10-20)27-32(29,30)23-14-19(7-6-16(23)3)8-13-22-24(25-18(5)28)17(4)26-31-22/h6-15,27H,1-5H3,(H,25,28)/b13-8-. The molecule has 32 heavy (non-hydrogen) atoms. The lowest BCUT2D eigenvalue weighted by atomic mass is 10.0. The number of anilines is 2. The third-order valence-electron chi connectivity index (χ3n) is 4.95. The quantitative estimate of drug-likeness (QED) is 0.502. The highest BCUT2D eigenvalue weighted by Gasteiger charge is 2.18. The van der Waals surface area contributed by atoms with Crippen molar-refractivity contribution in [1.29, 1.82) is 0 Å². The lowest BCUT2D eigenvalue weighted by molar-refractivity contribution is -0.114. The van der Waals surface area contributed by atoms with Gasteiger partial charge in [0, 0.05) is 12.6 Å². The van der Waals surface area contributed by atoms with Gasteiger partial charge in [-0.25, -0.2) is 8.42 Å². The zero-order valence-electron chi connectivity index (χ0n) is 18.8. The molecule has 3 aromatic rings. The Hall–Kier alpha value is -3.39. The van der Waals surface area contributed by atoms with Crippen LogP contribution in [0.1, 0.15) is 54.8 Å². The number of amides is 1. The molecule has 0 aliphatic carbocycles. The number of nitrogens with one attached hydrogen (secondary N) is 2. The van der Waals surface area contributed by atoms with Crippen LogP contribution in [-0.4, -0.2) is 19.5 Å². The van der Waals surface area contributed by atoms with Crippen molar-refractivity contribution in [3.05, 3.63) is 70.6 Å². The summed E-state index contributed by atoms with van der Waals surface area (Å²) >= 11 is 0. The molecule has 0 atom stereocenters. The molecular weight excluding hydrogens is 426 g/mol. The number of aryl methyl sites for hydroxylation is 2. The van der Waals surface area contributed by atoms with E-state index in [1.54, 1.807) is 50.3 Å². The van der Waals surface area contributed by atoms with E-state index in [0.717, 1.165) is 5.56 Å². The Labute approximate surface area is 188 Å². The first-order valence-electron chi connectivity index (χ1n) is 10.2. The lowest BCUT2D eigenvalue weighted by Crippen LogP contribution is -2.14. The molecule has 8 heteroatoms. The van der Waals surface area contributed by atoms with Gasteiger partial charge in [-0.1, -0.05) is 49.3 Å². The third-order valence-corrected chi connectivity index (χ3v) is 6.47. The Morgan fingerprint density at radius 1 is 1.06 bits per heavy atom. The summed E-state index contributed by atoms with van der Waals surface area (Å²) in [5, 5.41) is 6.56. The van der Waals surface area contributed by atoms with E-state index in [-0.39, 0.29) is 10.8 Å². The van der Waals surface area contributed by atoms with Gasteiger partial charge in [0.15, 0.2) is 5.76 Å². The van der Waals surface area contributed by atoms with Gasteiger partial charge in [0.05, 0.1) is 4.90 Å². The van der Waals surface area contributed by atoms with Crippen molar-refractivity contribution in [2.45, 2.75) is 45.4 Å². The van der Waals surface area contributed by atoms with Crippen molar-refractivity contribution in [2.24, 2.45) is 0 Å². The van der Waals surface area contributed by atoms with Crippen molar-refractivity contribution < 1.29 is 17.7 Å². The Morgan fingerprint density at radius 2 is 1.75 bits per heavy atom. The second kappa shape index (κ2) is 9.40. The average Bonchev–Trinajstić information content (AvgIpc) is 3.06. The van der Waals surface area contributed by atoms with Crippen molar-refractivity contribution in [2.75, 3.05) is 10.0 Å². The van der Waals surface area contributed by atoms with Gasteiger partial charge < -0.3 is 9.84 Å². The molecule has 1 aromatic heterocycles. The molecule has 0 fully saturated rings. The van der Waals surface area contributed by atoms with Crippen LogP contribution in [0.2, 0.25) is 0 Å². The summed E-state index contributed by atoms with van der Waals surface area (Å²) in [6.07, 6.45) is 3.35. The first-order chi connectivity index (χ1) is 15.1. The zero-order chi connectivity index (χ0) is 23.5. The minimum absolute atomic E-state index is 0.184. The van der Waals surface area contributed by atoms with Crippen molar-refractivity contribution in [3.63, 3.8) is 0 Å². The van der Waals surface area contributed by atoms with E-state index in [1.807, 2.05) is 18.2 Å². The molecule has 0 aliphatic heterocycles. The number of carbonyl (C=O) groups excluding carboxylic acids is 1. The summed E-state index contributed by atoms with van der Waals surface area (Å²) in [7, 11) is -3.78. The van der Waals surface area contributed by atoms with E-state index in [0.29, 0.717) is 39.9 Å². The fourth-order valence-electron chi connectivity index (χ4n) is 3.16. The Kier molecular flexibility index (Phi) is 6.84. The highest BCUT2D eigenvalue weighted by molar-refractivity contribution is 7.92. The van der Waals surface area contributed by atoms with Crippen molar-refractivity contribution in [1.82, 2.24) is 5.16 Å². The summed E-state index contributed by atoms with van der Waals surface area (Å²) in [6.45, 7) is 9.04. The van der Waals surface area contributed by atoms with Gasteiger partial charge >= 0.3 is 0 Å². The number of aromatic nitrogens is 1. The summed E-state index contributed by atoms with van der Waals surface area (Å²) in [5.74, 6) is 0.513. The minimum atomic E-state index is -3.78. The van der Waals surface area contributed by atoms with E-state index in [1.165, 1.54) is 6.92 Å². The molecule has 2 aromatic carbocycles. The van der Waals surface area contributed by atoms with Gasteiger partial charge in [-0.2, -0.15) is 0 Å². The molecule has 2 N–H and O–H groups in total. The number of carbonyl (C=O) groups is 1. The lowest BCUT2D eigenvalue weighted by Gasteiger charge is -2.12. The second-order valence-electron chi connectivity index (χ2n) is 7.93. The van der Waals surface area contributed by atoms with Crippen LogP contribution in [0.5, 0.6) is 0 Å².